The van der Waals surface area contributed by atoms with E-state index in [0.29, 0.717) is 0 Å². The molecule has 0 aromatic heterocycles. The first-order valence-electron chi connectivity index (χ1n) is 10.1. The topological polar surface area (TPSA) is 55.5 Å². The number of benzene rings is 1. The maximum absolute atomic E-state index is 9.64. The van der Waals surface area contributed by atoms with Crippen molar-refractivity contribution >= 4 is 0 Å². The lowest BCUT2D eigenvalue weighted by atomic mass is 9.88. The Hall–Kier alpha value is -1.06. The van der Waals surface area contributed by atoms with E-state index in [1.807, 2.05) is 0 Å². The van der Waals surface area contributed by atoms with E-state index >= 15 is 0 Å². The molecular formula is C22H37NO2. The summed E-state index contributed by atoms with van der Waals surface area (Å²) in [6, 6.07) is 8.38. The lowest BCUT2D eigenvalue weighted by Gasteiger charge is -2.27. The molecule has 1 fully saturated rings. The van der Waals surface area contributed by atoms with Crippen LogP contribution in [0.25, 0.3) is 0 Å². The van der Waals surface area contributed by atoms with Gasteiger partial charge in [-0.25, -0.2) is 0 Å². The zero-order valence-corrected chi connectivity index (χ0v) is 16.3. The summed E-state index contributed by atoms with van der Waals surface area (Å²) in [5, 5.41) is 9.64. The predicted molar refractivity (Wildman–Crippen MR) is 105 cm³/mol. The maximum Gasteiger partial charge on any atom is 0.119 e. The van der Waals surface area contributed by atoms with Gasteiger partial charge in [-0.3, -0.25) is 0 Å². The van der Waals surface area contributed by atoms with Crippen LogP contribution in [0.4, 0.5) is 0 Å². The minimum Gasteiger partial charge on any atom is -0.491 e. The van der Waals surface area contributed by atoms with Crippen molar-refractivity contribution in [1.29, 1.82) is 0 Å². The highest BCUT2D eigenvalue weighted by Crippen LogP contribution is 2.37. The first-order chi connectivity index (χ1) is 11.9. The number of aryl methyl sites for hydroxylation is 1. The van der Waals surface area contributed by atoms with Gasteiger partial charge in [0.2, 0.25) is 0 Å². The zero-order valence-electron chi connectivity index (χ0n) is 16.3. The number of rotatable bonds is 12. The molecule has 25 heavy (non-hydrogen) atoms. The molecule has 0 amide bonds. The van der Waals surface area contributed by atoms with Gasteiger partial charge in [0.05, 0.1) is 12.7 Å². The van der Waals surface area contributed by atoms with Crippen LogP contribution >= 0.6 is 0 Å². The number of nitrogens with two attached hydrogens (primary N) is 1. The summed E-state index contributed by atoms with van der Waals surface area (Å²) in [6.07, 6.45) is 9.11. The van der Waals surface area contributed by atoms with Crippen molar-refractivity contribution in [3.63, 3.8) is 0 Å². The highest BCUT2D eigenvalue weighted by Gasteiger charge is 2.33. The Morgan fingerprint density at radius 1 is 1.16 bits per heavy atom. The van der Waals surface area contributed by atoms with Crippen LogP contribution in [-0.2, 0) is 6.42 Å². The van der Waals surface area contributed by atoms with E-state index in [1.165, 1.54) is 31.2 Å². The Bertz CT molecular complexity index is 495. The molecule has 1 aliphatic rings. The van der Waals surface area contributed by atoms with Gasteiger partial charge in [0.15, 0.2) is 0 Å². The van der Waals surface area contributed by atoms with Gasteiger partial charge in [0.1, 0.15) is 5.75 Å². The van der Waals surface area contributed by atoms with Crippen molar-refractivity contribution in [2.24, 2.45) is 17.6 Å². The Labute approximate surface area is 154 Å². The average Bonchev–Trinajstić information content (AvgIpc) is 3.37. The van der Waals surface area contributed by atoms with Crippen molar-refractivity contribution in [3.8, 4) is 5.75 Å². The van der Waals surface area contributed by atoms with Crippen LogP contribution < -0.4 is 10.5 Å². The van der Waals surface area contributed by atoms with E-state index in [9.17, 15) is 5.11 Å². The van der Waals surface area contributed by atoms with Gasteiger partial charge in [0.25, 0.3) is 0 Å². The Morgan fingerprint density at radius 3 is 2.40 bits per heavy atom. The van der Waals surface area contributed by atoms with Gasteiger partial charge in [-0.2, -0.15) is 0 Å². The van der Waals surface area contributed by atoms with E-state index in [-0.39, 0.29) is 12.7 Å². The molecule has 1 saturated carbocycles. The SMILES string of the molecule is CC(C)CCCC(C)Oc1ccc(CCC(N)(CO)CC2CC2)cc1. The number of aliphatic hydroxyl groups excluding tert-OH is 1. The molecule has 0 bridgehead atoms. The molecular weight excluding hydrogens is 310 g/mol. The Kier molecular flexibility index (Phi) is 7.77. The summed E-state index contributed by atoms with van der Waals surface area (Å²) in [6.45, 7) is 6.76. The molecule has 0 radical (unpaired) electrons. The summed E-state index contributed by atoms with van der Waals surface area (Å²) in [5.41, 5.74) is 7.22. The molecule has 1 aliphatic carbocycles. The monoisotopic (exact) mass is 347 g/mol. The highest BCUT2D eigenvalue weighted by atomic mass is 16.5. The second-order valence-electron chi connectivity index (χ2n) is 8.57. The molecule has 2 atom stereocenters. The van der Waals surface area contributed by atoms with Gasteiger partial charge >= 0.3 is 0 Å². The summed E-state index contributed by atoms with van der Waals surface area (Å²) in [7, 11) is 0. The van der Waals surface area contributed by atoms with Crippen LogP contribution in [0.2, 0.25) is 0 Å². The molecule has 2 rings (SSSR count). The maximum atomic E-state index is 9.64. The standard InChI is InChI=1S/C22H37NO2/c1-17(2)5-4-6-18(3)25-21-11-9-19(10-12-21)13-14-22(23,16-24)15-20-7-8-20/h9-12,17-18,20,24H,4-8,13-16,23H2,1-3H3. The van der Waals surface area contributed by atoms with Gasteiger partial charge in [-0.15, -0.1) is 0 Å². The zero-order chi connectivity index (χ0) is 18.3. The molecule has 3 N–H and O–H groups in total. The first kappa shape index (κ1) is 20.3. The molecule has 2 unspecified atom stereocenters. The molecule has 3 heteroatoms. The third-order valence-electron chi connectivity index (χ3n) is 5.27. The minimum atomic E-state index is -0.415. The fourth-order valence-electron chi connectivity index (χ4n) is 3.38. The van der Waals surface area contributed by atoms with E-state index in [1.54, 1.807) is 0 Å². The van der Waals surface area contributed by atoms with Crippen LogP contribution in [0.5, 0.6) is 5.75 Å². The number of hydrogen-bond donors (Lipinski definition) is 2. The molecule has 3 nitrogen and oxygen atoms in total. The van der Waals surface area contributed by atoms with Crippen molar-refractivity contribution in [2.75, 3.05) is 6.61 Å². The number of ether oxygens (including phenoxy) is 1. The first-order valence-corrected chi connectivity index (χ1v) is 10.1. The molecule has 0 saturated heterocycles. The van der Waals surface area contributed by atoms with Gasteiger partial charge in [-0.05, 0) is 68.6 Å². The lowest BCUT2D eigenvalue weighted by molar-refractivity contribution is 0.172. The fourth-order valence-corrected chi connectivity index (χ4v) is 3.38. The van der Waals surface area contributed by atoms with Crippen molar-refractivity contribution in [3.05, 3.63) is 29.8 Å². The van der Waals surface area contributed by atoms with E-state index in [4.69, 9.17) is 10.5 Å². The molecule has 1 aromatic rings. The van der Waals surface area contributed by atoms with Crippen molar-refractivity contribution < 1.29 is 9.84 Å². The third-order valence-corrected chi connectivity index (χ3v) is 5.27. The summed E-state index contributed by atoms with van der Waals surface area (Å²) >= 11 is 0. The van der Waals surface area contributed by atoms with Crippen LogP contribution in [0.15, 0.2) is 24.3 Å². The molecule has 0 heterocycles. The summed E-state index contributed by atoms with van der Waals surface area (Å²) < 4.78 is 6.01. The second-order valence-corrected chi connectivity index (χ2v) is 8.57. The van der Waals surface area contributed by atoms with Crippen molar-refractivity contribution in [2.45, 2.75) is 83.8 Å². The normalized spacial score (nSPS) is 18.2. The van der Waals surface area contributed by atoms with Crippen LogP contribution in [-0.4, -0.2) is 23.4 Å². The van der Waals surface area contributed by atoms with Gasteiger partial charge < -0.3 is 15.6 Å². The van der Waals surface area contributed by atoms with E-state index in [0.717, 1.165) is 43.3 Å². The smallest absolute Gasteiger partial charge is 0.119 e. The predicted octanol–water partition coefficient (Wildman–Crippen LogP) is 4.70. The molecule has 0 aliphatic heterocycles. The summed E-state index contributed by atoms with van der Waals surface area (Å²) in [4.78, 5) is 0. The molecule has 1 aromatic carbocycles. The quantitative estimate of drug-likeness (QED) is 0.576. The Balaban J connectivity index is 1.75. The number of hydrogen-bond acceptors (Lipinski definition) is 3. The van der Waals surface area contributed by atoms with Crippen LogP contribution in [0, 0.1) is 11.8 Å². The number of aliphatic hydroxyl groups is 1. The minimum absolute atomic E-state index is 0.0819. The van der Waals surface area contributed by atoms with E-state index < -0.39 is 5.54 Å². The lowest BCUT2D eigenvalue weighted by Crippen LogP contribution is -2.44. The van der Waals surface area contributed by atoms with Crippen LogP contribution in [0.1, 0.15) is 71.3 Å². The Morgan fingerprint density at radius 2 is 1.84 bits per heavy atom. The van der Waals surface area contributed by atoms with E-state index in [2.05, 4.69) is 45.0 Å². The third kappa shape index (κ3) is 7.79. The highest BCUT2D eigenvalue weighted by molar-refractivity contribution is 5.27. The molecule has 0 spiro atoms. The van der Waals surface area contributed by atoms with Gasteiger partial charge in [-0.1, -0.05) is 45.2 Å². The average molecular weight is 348 g/mol. The van der Waals surface area contributed by atoms with Crippen molar-refractivity contribution in [1.82, 2.24) is 0 Å². The van der Waals surface area contributed by atoms with Crippen LogP contribution in [0.3, 0.4) is 0 Å². The largest absolute Gasteiger partial charge is 0.491 e. The fraction of sp³-hybridized carbons (Fsp3) is 0.727. The molecule has 142 valence electrons. The van der Waals surface area contributed by atoms with Gasteiger partial charge in [0, 0.05) is 5.54 Å². The second kappa shape index (κ2) is 9.59. The summed E-state index contributed by atoms with van der Waals surface area (Å²) in [5.74, 6) is 2.45.